The minimum absolute atomic E-state index is 0.121. The maximum atomic E-state index is 12.2. The Kier molecular flexibility index (Phi) is 4.00. The van der Waals surface area contributed by atoms with Crippen LogP contribution in [0.5, 0.6) is 5.75 Å². The summed E-state index contributed by atoms with van der Waals surface area (Å²) in [4.78, 5) is 15.9. The molecular weight excluding hydrogens is 256 g/mol. The van der Waals surface area contributed by atoms with Crippen molar-refractivity contribution in [2.45, 2.75) is 12.5 Å². The highest BCUT2D eigenvalue weighted by Gasteiger charge is 2.28. The van der Waals surface area contributed by atoms with Crippen molar-refractivity contribution in [2.24, 2.45) is 0 Å². The highest BCUT2D eigenvalue weighted by Crippen LogP contribution is 2.22. The van der Waals surface area contributed by atoms with E-state index in [4.69, 9.17) is 0 Å². The van der Waals surface area contributed by atoms with E-state index in [-0.39, 0.29) is 17.9 Å². The van der Waals surface area contributed by atoms with E-state index in [1.807, 2.05) is 30.3 Å². The molecule has 1 aromatic heterocycles. The second-order valence-corrected chi connectivity index (χ2v) is 4.70. The first-order chi connectivity index (χ1) is 9.57. The molecule has 0 bridgehead atoms. The lowest BCUT2D eigenvalue weighted by Crippen LogP contribution is -2.46. The summed E-state index contributed by atoms with van der Waals surface area (Å²) in [6, 6.07) is 10.6. The van der Waals surface area contributed by atoms with Gasteiger partial charge in [0.1, 0.15) is 5.75 Å². The molecule has 0 saturated heterocycles. The van der Waals surface area contributed by atoms with Crippen LogP contribution in [0.25, 0.3) is 0 Å². The molecule has 0 radical (unpaired) electrons. The number of hydrogen-bond donors (Lipinski definition) is 3. The number of hydrogen-bond acceptors (Lipinski definition) is 4. The van der Waals surface area contributed by atoms with E-state index in [1.165, 1.54) is 18.5 Å². The van der Waals surface area contributed by atoms with Gasteiger partial charge < -0.3 is 15.5 Å². The largest absolute Gasteiger partial charge is 0.505 e. The van der Waals surface area contributed by atoms with E-state index < -0.39 is 11.4 Å². The number of carbonyl (C=O) groups is 1. The fourth-order valence-corrected chi connectivity index (χ4v) is 1.91. The minimum Gasteiger partial charge on any atom is -0.505 e. The number of nitrogens with zero attached hydrogens (tertiary/aromatic N) is 1. The van der Waals surface area contributed by atoms with Crippen molar-refractivity contribution >= 4 is 5.91 Å². The lowest BCUT2D eigenvalue weighted by Gasteiger charge is -2.29. The van der Waals surface area contributed by atoms with Crippen molar-refractivity contribution in [3.63, 3.8) is 0 Å². The van der Waals surface area contributed by atoms with Gasteiger partial charge in [0, 0.05) is 6.20 Å². The maximum Gasteiger partial charge on any atom is 0.255 e. The molecule has 0 aliphatic carbocycles. The van der Waals surface area contributed by atoms with Crippen LogP contribution in [0.2, 0.25) is 0 Å². The van der Waals surface area contributed by atoms with Crippen LogP contribution in [0, 0.1) is 0 Å². The van der Waals surface area contributed by atoms with Gasteiger partial charge in [0.05, 0.1) is 23.9 Å². The Bertz CT molecular complexity index is 601. The zero-order valence-electron chi connectivity index (χ0n) is 11.1. The Morgan fingerprint density at radius 3 is 2.60 bits per heavy atom. The summed E-state index contributed by atoms with van der Waals surface area (Å²) in [5.74, 6) is -0.663. The van der Waals surface area contributed by atoms with E-state index in [0.29, 0.717) is 0 Å². The first-order valence-corrected chi connectivity index (χ1v) is 6.19. The fourth-order valence-electron chi connectivity index (χ4n) is 1.91. The molecule has 20 heavy (non-hydrogen) atoms. The summed E-state index contributed by atoms with van der Waals surface area (Å²) in [5, 5.41) is 22.0. The van der Waals surface area contributed by atoms with Gasteiger partial charge in [-0.1, -0.05) is 30.3 Å². The van der Waals surface area contributed by atoms with Crippen molar-refractivity contribution in [3.8, 4) is 5.75 Å². The summed E-state index contributed by atoms with van der Waals surface area (Å²) in [6.45, 7) is 1.47. The zero-order chi connectivity index (χ0) is 14.6. The highest BCUT2D eigenvalue weighted by molar-refractivity contribution is 5.97. The van der Waals surface area contributed by atoms with Gasteiger partial charge in [0.15, 0.2) is 0 Å². The minimum atomic E-state index is -0.923. The monoisotopic (exact) mass is 272 g/mol. The van der Waals surface area contributed by atoms with Gasteiger partial charge in [0.2, 0.25) is 0 Å². The number of amides is 1. The fraction of sp³-hybridized carbons (Fsp3) is 0.200. The molecule has 104 valence electrons. The van der Waals surface area contributed by atoms with E-state index in [0.717, 1.165) is 5.56 Å². The average Bonchev–Trinajstić information content (AvgIpc) is 2.48. The molecule has 5 heteroatoms. The van der Waals surface area contributed by atoms with Gasteiger partial charge in [-0.2, -0.15) is 0 Å². The third-order valence-corrected chi connectivity index (χ3v) is 3.16. The molecule has 1 heterocycles. The predicted molar refractivity (Wildman–Crippen MR) is 74.2 cm³/mol. The average molecular weight is 272 g/mol. The van der Waals surface area contributed by atoms with Gasteiger partial charge in [-0.25, -0.2) is 0 Å². The molecular formula is C15H16N2O3. The molecule has 3 N–H and O–H groups in total. The normalized spacial score (nSPS) is 13.5. The molecule has 1 unspecified atom stereocenters. The molecule has 0 spiro atoms. The van der Waals surface area contributed by atoms with Crippen LogP contribution in [-0.4, -0.2) is 27.7 Å². The quantitative estimate of drug-likeness (QED) is 0.786. The van der Waals surface area contributed by atoms with E-state index in [2.05, 4.69) is 10.3 Å². The molecule has 0 aliphatic heterocycles. The molecule has 5 nitrogen and oxygen atoms in total. The van der Waals surface area contributed by atoms with Gasteiger partial charge in [0.25, 0.3) is 5.91 Å². The Hall–Kier alpha value is -2.40. The molecule has 1 aromatic carbocycles. The number of nitrogens with one attached hydrogen (secondary N) is 1. The van der Waals surface area contributed by atoms with E-state index >= 15 is 0 Å². The zero-order valence-corrected chi connectivity index (χ0v) is 11.1. The number of rotatable bonds is 4. The second kappa shape index (κ2) is 5.71. The van der Waals surface area contributed by atoms with Crippen LogP contribution in [-0.2, 0) is 5.54 Å². The first kappa shape index (κ1) is 14.0. The van der Waals surface area contributed by atoms with Crippen LogP contribution in [0.3, 0.4) is 0 Å². The molecule has 1 atom stereocenters. The molecule has 0 fully saturated rings. The Labute approximate surface area is 116 Å². The number of aliphatic hydroxyl groups excluding tert-OH is 1. The SMILES string of the molecule is CC(CO)(NC(=O)c1ccncc1O)c1ccccc1. The number of aromatic nitrogens is 1. The standard InChI is InChI=1S/C15H16N2O3/c1-15(10-18,11-5-3-2-4-6-11)17-14(20)12-7-8-16-9-13(12)19/h2-9,18-19H,10H2,1H3,(H,17,20). The van der Waals surface area contributed by atoms with Crippen LogP contribution in [0.1, 0.15) is 22.8 Å². The summed E-state index contributed by atoms with van der Waals surface area (Å²) >= 11 is 0. The Balaban J connectivity index is 2.27. The van der Waals surface area contributed by atoms with Crippen molar-refractivity contribution in [2.75, 3.05) is 6.61 Å². The number of aromatic hydroxyl groups is 1. The van der Waals surface area contributed by atoms with Crippen LogP contribution in [0.15, 0.2) is 48.8 Å². The van der Waals surface area contributed by atoms with E-state index in [1.54, 1.807) is 6.92 Å². The molecule has 1 amide bonds. The van der Waals surface area contributed by atoms with Crippen LogP contribution < -0.4 is 5.32 Å². The van der Waals surface area contributed by atoms with Crippen molar-refractivity contribution in [3.05, 3.63) is 59.9 Å². The second-order valence-electron chi connectivity index (χ2n) is 4.70. The number of aliphatic hydroxyl groups is 1. The third kappa shape index (κ3) is 2.78. The molecule has 0 saturated carbocycles. The smallest absolute Gasteiger partial charge is 0.255 e. The third-order valence-electron chi connectivity index (χ3n) is 3.16. The van der Waals surface area contributed by atoms with Gasteiger partial charge in [-0.05, 0) is 18.6 Å². The Morgan fingerprint density at radius 1 is 1.30 bits per heavy atom. The Morgan fingerprint density at radius 2 is 2.00 bits per heavy atom. The maximum absolute atomic E-state index is 12.2. The number of carbonyl (C=O) groups excluding carboxylic acids is 1. The topological polar surface area (TPSA) is 82.5 Å². The van der Waals surface area contributed by atoms with Crippen LogP contribution in [0.4, 0.5) is 0 Å². The molecule has 2 aromatic rings. The number of benzene rings is 1. The predicted octanol–water partition coefficient (Wildman–Crippen LogP) is 1.42. The number of pyridine rings is 1. The van der Waals surface area contributed by atoms with Gasteiger partial charge >= 0.3 is 0 Å². The summed E-state index contributed by atoms with van der Waals surface area (Å²) in [6.07, 6.45) is 2.63. The summed E-state index contributed by atoms with van der Waals surface area (Å²) in [7, 11) is 0. The molecule has 2 rings (SSSR count). The summed E-state index contributed by atoms with van der Waals surface area (Å²) in [5.41, 5.74) is -0.0198. The van der Waals surface area contributed by atoms with Gasteiger partial charge in [-0.15, -0.1) is 0 Å². The summed E-state index contributed by atoms with van der Waals surface area (Å²) < 4.78 is 0. The lowest BCUT2D eigenvalue weighted by molar-refractivity contribution is 0.0846. The lowest BCUT2D eigenvalue weighted by atomic mass is 9.92. The van der Waals surface area contributed by atoms with Crippen molar-refractivity contribution < 1.29 is 15.0 Å². The first-order valence-electron chi connectivity index (χ1n) is 6.19. The highest BCUT2D eigenvalue weighted by atomic mass is 16.3. The molecule has 0 aliphatic rings. The van der Waals surface area contributed by atoms with Crippen molar-refractivity contribution in [1.29, 1.82) is 0 Å². The van der Waals surface area contributed by atoms with Crippen molar-refractivity contribution in [1.82, 2.24) is 10.3 Å². The van der Waals surface area contributed by atoms with Gasteiger partial charge in [-0.3, -0.25) is 9.78 Å². The van der Waals surface area contributed by atoms with Crippen LogP contribution >= 0.6 is 0 Å². The van der Waals surface area contributed by atoms with E-state index in [9.17, 15) is 15.0 Å².